The van der Waals surface area contributed by atoms with Crippen molar-refractivity contribution in [1.29, 1.82) is 0 Å². The molecule has 2 N–H and O–H groups in total. The highest BCUT2D eigenvalue weighted by Gasteiger charge is 2.31. The molecule has 102 valence electrons. The van der Waals surface area contributed by atoms with Gasteiger partial charge in [0.25, 0.3) is 0 Å². The summed E-state index contributed by atoms with van der Waals surface area (Å²) in [5, 5.41) is 12.1. The van der Waals surface area contributed by atoms with E-state index in [1.807, 2.05) is 30.3 Å². The van der Waals surface area contributed by atoms with Gasteiger partial charge in [-0.15, -0.1) is 0 Å². The molecule has 1 amide bonds. The zero-order valence-electron chi connectivity index (χ0n) is 10.9. The highest BCUT2D eigenvalue weighted by atomic mass is 16.4. The van der Waals surface area contributed by atoms with Gasteiger partial charge in [-0.1, -0.05) is 30.3 Å². The van der Waals surface area contributed by atoms with E-state index in [2.05, 4.69) is 5.32 Å². The number of aliphatic carboxylic acids is 1. The highest BCUT2D eigenvalue weighted by molar-refractivity contribution is 5.83. The summed E-state index contributed by atoms with van der Waals surface area (Å²) < 4.78 is 0. The number of benzene rings is 1. The summed E-state index contributed by atoms with van der Waals surface area (Å²) in [5.74, 6) is -1.47. The first-order valence-corrected chi connectivity index (χ1v) is 6.37. The van der Waals surface area contributed by atoms with Crippen LogP contribution in [0.2, 0.25) is 0 Å². The standard InChI is InChI=1S/C14H18N2O3/c1-10-13(17)16(8-11-5-3-2-4-6-11)9-12(7-15-10)14(18)19/h2-6,10,12,15H,7-9H2,1H3,(H,18,19). The molecule has 0 saturated carbocycles. The lowest BCUT2D eigenvalue weighted by Gasteiger charge is -2.24. The summed E-state index contributed by atoms with van der Waals surface area (Å²) in [5.41, 5.74) is 1.01. The SMILES string of the molecule is CC1NCC(C(=O)O)CN(Cc2ccccc2)C1=O. The lowest BCUT2D eigenvalue weighted by Crippen LogP contribution is -2.41. The summed E-state index contributed by atoms with van der Waals surface area (Å²) in [4.78, 5) is 25.0. The number of carbonyl (C=O) groups excluding carboxylic acids is 1. The molecule has 1 fully saturated rings. The van der Waals surface area contributed by atoms with E-state index in [1.165, 1.54) is 0 Å². The fourth-order valence-electron chi connectivity index (χ4n) is 2.21. The Bertz CT molecular complexity index is 461. The topological polar surface area (TPSA) is 69.6 Å². The van der Waals surface area contributed by atoms with Gasteiger partial charge in [-0.2, -0.15) is 0 Å². The van der Waals surface area contributed by atoms with Gasteiger partial charge in [-0.3, -0.25) is 9.59 Å². The Morgan fingerprint density at radius 1 is 1.42 bits per heavy atom. The van der Waals surface area contributed by atoms with Gasteiger partial charge >= 0.3 is 5.97 Å². The molecule has 2 atom stereocenters. The van der Waals surface area contributed by atoms with Crippen molar-refractivity contribution in [2.75, 3.05) is 13.1 Å². The van der Waals surface area contributed by atoms with E-state index in [0.717, 1.165) is 5.56 Å². The Morgan fingerprint density at radius 2 is 2.11 bits per heavy atom. The molecule has 5 nitrogen and oxygen atoms in total. The first-order valence-electron chi connectivity index (χ1n) is 6.37. The third kappa shape index (κ3) is 3.32. The smallest absolute Gasteiger partial charge is 0.309 e. The average Bonchev–Trinajstić information content (AvgIpc) is 2.54. The number of carboxylic acid groups (broad SMARTS) is 1. The zero-order valence-corrected chi connectivity index (χ0v) is 10.9. The molecule has 0 spiro atoms. The van der Waals surface area contributed by atoms with E-state index < -0.39 is 11.9 Å². The van der Waals surface area contributed by atoms with Gasteiger partial charge in [0.2, 0.25) is 5.91 Å². The second-order valence-corrected chi connectivity index (χ2v) is 4.87. The van der Waals surface area contributed by atoms with Crippen LogP contribution in [-0.2, 0) is 16.1 Å². The minimum Gasteiger partial charge on any atom is -0.481 e. The second-order valence-electron chi connectivity index (χ2n) is 4.87. The van der Waals surface area contributed by atoms with Crippen LogP contribution in [0.5, 0.6) is 0 Å². The van der Waals surface area contributed by atoms with Crippen LogP contribution in [-0.4, -0.2) is 41.0 Å². The van der Waals surface area contributed by atoms with Crippen LogP contribution in [0.1, 0.15) is 12.5 Å². The maximum atomic E-state index is 12.2. The molecule has 1 aromatic rings. The molecule has 0 aliphatic carbocycles. The summed E-state index contributed by atoms with van der Waals surface area (Å²) in [6.07, 6.45) is 0. The molecule has 1 saturated heterocycles. The molecule has 0 radical (unpaired) electrons. The Hall–Kier alpha value is -1.88. The van der Waals surface area contributed by atoms with Crippen LogP contribution >= 0.6 is 0 Å². The van der Waals surface area contributed by atoms with Crippen LogP contribution in [0.4, 0.5) is 0 Å². The lowest BCUT2D eigenvalue weighted by atomic mass is 10.1. The molecule has 1 aliphatic heterocycles. The fourth-order valence-corrected chi connectivity index (χ4v) is 2.21. The highest BCUT2D eigenvalue weighted by Crippen LogP contribution is 2.12. The Morgan fingerprint density at radius 3 is 2.74 bits per heavy atom. The van der Waals surface area contributed by atoms with E-state index in [-0.39, 0.29) is 18.5 Å². The summed E-state index contributed by atoms with van der Waals surface area (Å²) >= 11 is 0. The van der Waals surface area contributed by atoms with E-state index in [0.29, 0.717) is 13.1 Å². The van der Waals surface area contributed by atoms with Gasteiger partial charge in [0, 0.05) is 19.6 Å². The molecule has 0 bridgehead atoms. The van der Waals surface area contributed by atoms with Gasteiger partial charge in [-0.05, 0) is 12.5 Å². The Labute approximate surface area is 112 Å². The molecular weight excluding hydrogens is 244 g/mol. The van der Waals surface area contributed by atoms with Crippen LogP contribution < -0.4 is 5.32 Å². The first-order chi connectivity index (χ1) is 9.08. The third-order valence-corrected chi connectivity index (χ3v) is 3.36. The number of hydrogen-bond donors (Lipinski definition) is 2. The predicted molar refractivity (Wildman–Crippen MR) is 70.4 cm³/mol. The zero-order chi connectivity index (χ0) is 13.8. The van der Waals surface area contributed by atoms with E-state index in [9.17, 15) is 9.59 Å². The van der Waals surface area contributed by atoms with Crippen LogP contribution in [0, 0.1) is 5.92 Å². The molecule has 1 aromatic carbocycles. The van der Waals surface area contributed by atoms with Crippen molar-refractivity contribution in [2.45, 2.75) is 19.5 Å². The van der Waals surface area contributed by atoms with Gasteiger partial charge in [0.1, 0.15) is 0 Å². The lowest BCUT2D eigenvalue weighted by molar-refractivity contribution is -0.142. The van der Waals surface area contributed by atoms with Crippen molar-refractivity contribution in [1.82, 2.24) is 10.2 Å². The summed E-state index contributed by atoms with van der Waals surface area (Å²) in [6.45, 7) is 2.80. The molecule has 0 aromatic heterocycles. The molecule has 5 heteroatoms. The largest absolute Gasteiger partial charge is 0.481 e. The van der Waals surface area contributed by atoms with E-state index in [1.54, 1.807) is 11.8 Å². The predicted octanol–water partition coefficient (Wildman–Crippen LogP) is 0.708. The molecule has 2 unspecified atom stereocenters. The third-order valence-electron chi connectivity index (χ3n) is 3.36. The molecular formula is C14H18N2O3. The van der Waals surface area contributed by atoms with Gasteiger partial charge in [-0.25, -0.2) is 0 Å². The van der Waals surface area contributed by atoms with Gasteiger partial charge in [0.05, 0.1) is 12.0 Å². The summed E-state index contributed by atoms with van der Waals surface area (Å²) in [6, 6.07) is 9.27. The van der Waals surface area contributed by atoms with Crippen molar-refractivity contribution >= 4 is 11.9 Å². The van der Waals surface area contributed by atoms with Gasteiger partial charge in [0.15, 0.2) is 0 Å². The van der Waals surface area contributed by atoms with Crippen molar-refractivity contribution in [3.05, 3.63) is 35.9 Å². The van der Waals surface area contributed by atoms with E-state index >= 15 is 0 Å². The van der Waals surface area contributed by atoms with Crippen LogP contribution in [0.25, 0.3) is 0 Å². The van der Waals surface area contributed by atoms with Crippen LogP contribution in [0.3, 0.4) is 0 Å². The van der Waals surface area contributed by atoms with Crippen molar-refractivity contribution in [3.63, 3.8) is 0 Å². The molecule has 19 heavy (non-hydrogen) atoms. The summed E-state index contributed by atoms with van der Waals surface area (Å²) in [7, 11) is 0. The number of amides is 1. The number of rotatable bonds is 3. The number of nitrogens with one attached hydrogen (secondary N) is 1. The second kappa shape index (κ2) is 5.84. The number of hydrogen-bond acceptors (Lipinski definition) is 3. The van der Waals surface area contributed by atoms with Crippen LogP contribution in [0.15, 0.2) is 30.3 Å². The fraction of sp³-hybridized carbons (Fsp3) is 0.429. The minimum absolute atomic E-state index is 0.0485. The molecule has 1 aliphatic rings. The number of carboxylic acids is 1. The Balaban J connectivity index is 2.14. The van der Waals surface area contributed by atoms with Crippen molar-refractivity contribution in [3.8, 4) is 0 Å². The minimum atomic E-state index is -0.868. The average molecular weight is 262 g/mol. The normalized spacial score (nSPS) is 24.1. The molecule has 2 rings (SSSR count). The molecule has 1 heterocycles. The number of carbonyl (C=O) groups is 2. The maximum Gasteiger partial charge on any atom is 0.309 e. The Kier molecular flexibility index (Phi) is 4.16. The first kappa shape index (κ1) is 13.5. The number of nitrogens with zero attached hydrogens (tertiary/aromatic N) is 1. The monoisotopic (exact) mass is 262 g/mol. The van der Waals surface area contributed by atoms with E-state index in [4.69, 9.17) is 5.11 Å². The maximum absolute atomic E-state index is 12.2. The van der Waals surface area contributed by atoms with Crippen molar-refractivity contribution in [2.24, 2.45) is 5.92 Å². The van der Waals surface area contributed by atoms with Gasteiger partial charge < -0.3 is 15.3 Å². The van der Waals surface area contributed by atoms with Crippen molar-refractivity contribution < 1.29 is 14.7 Å². The quantitative estimate of drug-likeness (QED) is 0.841.